The quantitative estimate of drug-likeness (QED) is 0.473. The molecule has 3 aromatic rings. The zero-order valence-corrected chi connectivity index (χ0v) is 18.6. The predicted octanol–water partition coefficient (Wildman–Crippen LogP) is 5.55. The van der Waals surface area contributed by atoms with Gasteiger partial charge in [-0.05, 0) is 18.2 Å². The maximum Gasteiger partial charge on any atom is 0.100 e. The maximum absolute atomic E-state index is 10.2. The summed E-state index contributed by atoms with van der Waals surface area (Å²) in [6.07, 6.45) is 0. The van der Waals surface area contributed by atoms with Gasteiger partial charge >= 0.3 is 0 Å². The molecule has 0 heterocycles. The molecule has 0 spiro atoms. The van der Waals surface area contributed by atoms with Crippen LogP contribution in [0.5, 0.6) is 0 Å². The van der Waals surface area contributed by atoms with Crippen LogP contribution in [0.1, 0.15) is 33.4 Å². The second-order valence-electron chi connectivity index (χ2n) is 7.56. The minimum absolute atomic E-state index is 0.126. The molecule has 0 saturated heterocycles. The normalized spacial score (nSPS) is 11.0. The van der Waals surface area contributed by atoms with Crippen molar-refractivity contribution in [3.8, 4) is 36.4 Å². The van der Waals surface area contributed by atoms with Crippen molar-refractivity contribution in [1.82, 2.24) is 0 Å². The Morgan fingerprint density at radius 2 is 0.639 bits per heavy atom. The summed E-state index contributed by atoms with van der Waals surface area (Å²) in [4.78, 5) is 0. The molecule has 0 amide bonds. The second kappa shape index (κ2) is 9.75. The molecule has 0 unspecified atom stereocenters. The van der Waals surface area contributed by atoms with E-state index >= 15 is 0 Å². The molecule has 1 saturated carbocycles. The first-order valence-electron chi connectivity index (χ1n) is 10.6. The van der Waals surface area contributed by atoms with Crippen LogP contribution in [0.3, 0.4) is 0 Å². The van der Waals surface area contributed by atoms with E-state index in [-0.39, 0.29) is 33.4 Å². The third-order valence-corrected chi connectivity index (χ3v) is 5.72. The van der Waals surface area contributed by atoms with Crippen molar-refractivity contribution in [1.29, 1.82) is 31.6 Å². The molecule has 0 N–H and O–H groups in total. The molecule has 36 heavy (non-hydrogen) atoms. The lowest BCUT2D eigenvalue weighted by molar-refractivity contribution is 1.45. The topological polar surface area (TPSA) is 143 Å². The highest BCUT2D eigenvalue weighted by molar-refractivity contribution is 6.12. The van der Waals surface area contributed by atoms with Crippen LogP contribution in [0.25, 0.3) is 16.7 Å². The van der Waals surface area contributed by atoms with Crippen molar-refractivity contribution in [2.24, 2.45) is 0 Å². The standard InChI is InChI=1S/C30H12N6/c31-13-19-7-1-4-10-22(19)25(16-34)28-29(26(17-35)23-11-5-2-8-20(23)14-32)30(28)27(18-36)24-12-6-3-9-21(24)15-33/h1-12H. The summed E-state index contributed by atoms with van der Waals surface area (Å²) >= 11 is 0. The number of hydrogen-bond donors (Lipinski definition) is 0. The average molecular weight is 456 g/mol. The summed E-state index contributed by atoms with van der Waals surface area (Å²) in [7, 11) is 0. The van der Waals surface area contributed by atoms with Gasteiger partial charge in [0.2, 0.25) is 0 Å². The van der Waals surface area contributed by atoms with Gasteiger partial charge in [-0.15, -0.1) is 0 Å². The van der Waals surface area contributed by atoms with Gasteiger partial charge in [0, 0.05) is 33.4 Å². The van der Waals surface area contributed by atoms with E-state index in [1.54, 1.807) is 72.8 Å². The SMILES string of the molecule is N#CC(=C1C(=C(C#N)c2ccccc2C#N)C1=C(C#N)c1ccccc1C#N)c1ccccc1C#N. The van der Waals surface area contributed by atoms with Gasteiger partial charge in [-0.1, -0.05) is 54.6 Å². The van der Waals surface area contributed by atoms with E-state index < -0.39 is 0 Å². The van der Waals surface area contributed by atoms with Gasteiger partial charge in [0.05, 0.1) is 51.6 Å². The van der Waals surface area contributed by atoms with E-state index in [4.69, 9.17) is 0 Å². The van der Waals surface area contributed by atoms with Crippen molar-refractivity contribution in [3.05, 3.63) is 123 Å². The fraction of sp³-hybridized carbons (Fsp3) is 0. The van der Waals surface area contributed by atoms with Crippen LogP contribution < -0.4 is 0 Å². The smallest absolute Gasteiger partial charge is 0.100 e. The molecule has 0 bridgehead atoms. The summed E-state index contributed by atoms with van der Waals surface area (Å²) in [6, 6.07) is 32.4. The van der Waals surface area contributed by atoms with Crippen molar-refractivity contribution in [3.63, 3.8) is 0 Å². The number of nitriles is 6. The third kappa shape index (κ3) is 3.77. The van der Waals surface area contributed by atoms with Gasteiger partial charge in [-0.3, -0.25) is 0 Å². The highest BCUT2D eigenvalue weighted by atomic mass is 14.4. The molecule has 4 rings (SSSR count). The highest BCUT2D eigenvalue weighted by Crippen LogP contribution is 2.56. The summed E-state index contributed by atoms with van der Waals surface area (Å²) < 4.78 is 0. The lowest BCUT2D eigenvalue weighted by atomic mass is 9.98. The molecule has 1 fully saturated rings. The van der Waals surface area contributed by atoms with Crippen molar-refractivity contribution in [2.45, 2.75) is 0 Å². The first-order valence-corrected chi connectivity index (χ1v) is 10.6. The molecular formula is C30H12N6. The molecular weight excluding hydrogens is 444 g/mol. The van der Waals surface area contributed by atoms with E-state index in [1.807, 2.05) is 0 Å². The average Bonchev–Trinajstić information content (AvgIpc) is 3.64. The molecule has 0 aliphatic heterocycles. The van der Waals surface area contributed by atoms with Crippen LogP contribution in [-0.4, -0.2) is 0 Å². The first kappa shape index (κ1) is 23.0. The predicted molar refractivity (Wildman–Crippen MR) is 131 cm³/mol. The van der Waals surface area contributed by atoms with Gasteiger partial charge < -0.3 is 0 Å². The molecule has 0 aromatic heterocycles. The summed E-state index contributed by atoms with van der Waals surface area (Å²) in [5.41, 5.74) is 3.28. The van der Waals surface area contributed by atoms with E-state index in [0.29, 0.717) is 33.4 Å². The van der Waals surface area contributed by atoms with Gasteiger partial charge in [0.25, 0.3) is 0 Å². The Labute approximate surface area is 207 Å². The van der Waals surface area contributed by atoms with Crippen LogP contribution in [0, 0.1) is 68.0 Å². The Kier molecular flexibility index (Phi) is 6.23. The first-order chi connectivity index (χ1) is 17.6. The Balaban J connectivity index is 2.19. The molecule has 6 nitrogen and oxygen atoms in total. The van der Waals surface area contributed by atoms with E-state index in [9.17, 15) is 31.6 Å². The van der Waals surface area contributed by atoms with E-state index in [0.717, 1.165) is 0 Å². The number of rotatable bonds is 3. The zero-order valence-electron chi connectivity index (χ0n) is 18.6. The summed E-state index contributed by atoms with van der Waals surface area (Å²) in [6.45, 7) is 0. The van der Waals surface area contributed by atoms with Crippen molar-refractivity contribution < 1.29 is 0 Å². The molecule has 6 heteroatoms. The van der Waals surface area contributed by atoms with Gasteiger partial charge in [-0.2, -0.15) is 31.6 Å². The van der Waals surface area contributed by atoms with Crippen LogP contribution in [0.2, 0.25) is 0 Å². The maximum atomic E-state index is 10.2. The van der Waals surface area contributed by atoms with E-state index in [1.165, 1.54) is 0 Å². The molecule has 162 valence electrons. The van der Waals surface area contributed by atoms with Crippen LogP contribution in [0.4, 0.5) is 0 Å². The second-order valence-corrected chi connectivity index (χ2v) is 7.56. The number of nitrogens with zero attached hydrogens (tertiary/aromatic N) is 6. The molecule has 3 aromatic carbocycles. The van der Waals surface area contributed by atoms with Crippen molar-refractivity contribution in [2.75, 3.05) is 0 Å². The Morgan fingerprint density at radius 3 is 0.861 bits per heavy atom. The highest BCUT2D eigenvalue weighted by Gasteiger charge is 2.42. The monoisotopic (exact) mass is 456 g/mol. The summed E-state index contributed by atoms with van der Waals surface area (Å²) in [5.74, 6) is 0. The van der Waals surface area contributed by atoms with E-state index in [2.05, 4.69) is 36.4 Å². The minimum Gasteiger partial charge on any atom is -0.192 e. The number of benzene rings is 3. The Hall–Kier alpha value is -6.18. The molecule has 0 atom stereocenters. The lowest BCUT2D eigenvalue weighted by Gasteiger charge is -2.01. The third-order valence-electron chi connectivity index (χ3n) is 5.72. The van der Waals surface area contributed by atoms with Crippen molar-refractivity contribution >= 4 is 16.7 Å². The van der Waals surface area contributed by atoms with Gasteiger partial charge in [0.1, 0.15) is 18.2 Å². The van der Waals surface area contributed by atoms with Crippen LogP contribution in [-0.2, 0) is 0 Å². The Morgan fingerprint density at radius 1 is 0.389 bits per heavy atom. The molecule has 1 aliphatic carbocycles. The number of hydrogen-bond acceptors (Lipinski definition) is 6. The van der Waals surface area contributed by atoms with Gasteiger partial charge in [0.15, 0.2) is 0 Å². The zero-order chi connectivity index (χ0) is 25.7. The largest absolute Gasteiger partial charge is 0.192 e. The van der Waals surface area contributed by atoms with Crippen LogP contribution >= 0.6 is 0 Å². The molecule has 0 radical (unpaired) electrons. The Bertz CT molecular complexity index is 1570. The fourth-order valence-electron chi connectivity index (χ4n) is 4.09. The lowest BCUT2D eigenvalue weighted by Crippen LogP contribution is -1.89. The van der Waals surface area contributed by atoms with Crippen LogP contribution in [0.15, 0.2) is 89.5 Å². The minimum atomic E-state index is 0.126. The van der Waals surface area contributed by atoms with Gasteiger partial charge in [-0.25, -0.2) is 0 Å². The molecule has 1 aliphatic rings. The summed E-state index contributed by atoms with van der Waals surface area (Å²) in [5, 5.41) is 59.3. The fourth-order valence-corrected chi connectivity index (χ4v) is 4.09. The number of allylic oxidation sites excluding steroid dienone is 6.